The normalized spacial score (nSPS) is 11.1. The fourth-order valence-corrected chi connectivity index (χ4v) is 3.36. The Morgan fingerprint density at radius 3 is 2.87 bits per heavy atom. The van der Waals surface area contributed by atoms with Crippen molar-refractivity contribution in [3.8, 4) is 0 Å². The minimum atomic E-state index is -0.425. The van der Waals surface area contributed by atoms with Gasteiger partial charge < -0.3 is 9.26 Å². The van der Waals surface area contributed by atoms with E-state index in [4.69, 9.17) is 9.26 Å². The molecule has 8 heteroatoms. The molecule has 0 saturated carbocycles. The number of aryl methyl sites for hydroxylation is 2. The minimum absolute atomic E-state index is 0.208. The number of carbonyl (C=O) groups excluding carboxylic acids is 1. The number of nitrogens with zero attached hydrogens (tertiary/aromatic N) is 3. The molecule has 0 aliphatic heterocycles. The smallest absolute Gasteiger partial charge is 0.348 e. The van der Waals surface area contributed by atoms with Gasteiger partial charge in [-0.2, -0.15) is 0 Å². The molecule has 0 amide bonds. The van der Waals surface area contributed by atoms with E-state index in [2.05, 4.69) is 10.1 Å². The van der Waals surface area contributed by atoms with Gasteiger partial charge in [0.1, 0.15) is 21.2 Å². The van der Waals surface area contributed by atoms with E-state index in [1.54, 1.807) is 26.8 Å². The van der Waals surface area contributed by atoms with Crippen LogP contribution in [0.1, 0.15) is 33.6 Å². The minimum Gasteiger partial charge on any atom is -0.462 e. The van der Waals surface area contributed by atoms with Crippen molar-refractivity contribution in [1.82, 2.24) is 14.7 Å². The highest BCUT2D eigenvalue weighted by Gasteiger charge is 2.20. The third kappa shape index (κ3) is 2.77. The van der Waals surface area contributed by atoms with E-state index in [0.717, 1.165) is 0 Å². The second kappa shape index (κ2) is 5.96. The monoisotopic (exact) mass is 333 g/mol. The van der Waals surface area contributed by atoms with Crippen LogP contribution in [0.5, 0.6) is 0 Å². The molecule has 0 aliphatic carbocycles. The van der Waals surface area contributed by atoms with Gasteiger partial charge in [-0.1, -0.05) is 5.16 Å². The standard InChI is InChI=1S/C15H15N3O4S/c1-4-21-15(20)12-9(3)11-13(23-12)16-7-18(14(11)19)6-10-5-8(2)22-17-10/h5,7H,4,6H2,1-3H3. The number of fused-ring (bicyclic) bond motifs is 1. The van der Waals surface area contributed by atoms with Gasteiger partial charge in [0.25, 0.3) is 5.56 Å². The second-order valence-corrected chi connectivity index (χ2v) is 6.06. The molecule has 0 unspecified atom stereocenters. The Hall–Kier alpha value is -2.48. The third-order valence-electron chi connectivity index (χ3n) is 3.39. The molecule has 0 atom stereocenters. The van der Waals surface area contributed by atoms with Gasteiger partial charge in [0, 0.05) is 6.07 Å². The number of hydrogen-bond acceptors (Lipinski definition) is 7. The lowest BCUT2D eigenvalue weighted by Gasteiger charge is -2.02. The molecular formula is C15H15N3O4S. The Labute approximate surface area is 135 Å². The molecule has 23 heavy (non-hydrogen) atoms. The second-order valence-electron chi connectivity index (χ2n) is 5.06. The van der Waals surface area contributed by atoms with Crippen LogP contribution in [0.3, 0.4) is 0 Å². The summed E-state index contributed by atoms with van der Waals surface area (Å²) in [5.41, 5.74) is 1.04. The first-order valence-electron chi connectivity index (χ1n) is 7.09. The van der Waals surface area contributed by atoms with E-state index >= 15 is 0 Å². The van der Waals surface area contributed by atoms with Crippen LogP contribution >= 0.6 is 11.3 Å². The first-order chi connectivity index (χ1) is 11.0. The van der Waals surface area contributed by atoms with Crippen LogP contribution in [-0.2, 0) is 11.3 Å². The lowest BCUT2D eigenvalue weighted by molar-refractivity contribution is 0.0531. The molecule has 7 nitrogen and oxygen atoms in total. The van der Waals surface area contributed by atoms with Gasteiger partial charge in [0.2, 0.25) is 0 Å². The zero-order chi connectivity index (χ0) is 16.6. The zero-order valence-electron chi connectivity index (χ0n) is 13.0. The summed E-state index contributed by atoms with van der Waals surface area (Å²) in [5, 5.41) is 4.32. The molecule has 0 fully saturated rings. The Bertz CT molecular complexity index is 938. The van der Waals surface area contributed by atoms with Gasteiger partial charge in [0.15, 0.2) is 0 Å². The molecule has 0 aliphatic rings. The number of ether oxygens (including phenoxy) is 1. The number of hydrogen-bond donors (Lipinski definition) is 0. The van der Waals surface area contributed by atoms with Crippen molar-refractivity contribution in [2.75, 3.05) is 6.61 Å². The molecule has 0 aromatic carbocycles. The summed E-state index contributed by atoms with van der Waals surface area (Å²) in [5.74, 6) is 0.254. The number of thiophene rings is 1. The first kappa shape index (κ1) is 15.4. The highest BCUT2D eigenvalue weighted by atomic mass is 32.1. The zero-order valence-corrected chi connectivity index (χ0v) is 13.8. The predicted octanol–water partition coefficient (Wildman–Crippen LogP) is 2.29. The van der Waals surface area contributed by atoms with Crippen LogP contribution in [0.15, 0.2) is 21.7 Å². The molecule has 3 aromatic heterocycles. The molecule has 0 N–H and O–H groups in total. The highest BCUT2D eigenvalue weighted by Crippen LogP contribution is 2.27. The average Bonchev–Trinajstić information content (AvgIpc) is 3.06. The lowest BCUT2D eigenvalue weighted by Crippen LogP contribution is -2.21. The maximum Gasteiger partial charge on any atom is 0.348 e. The number of esters is 1. The predicted molar refractivity (Wildman–Crippen MR) is 84.9 cm³/mol. The molecule has 0 bridgehead atoms. The number of aromatic nitrogens is 3. The summed E-state index contributed by atoms with van der Waals surface area (Å²) in [6.45, 7) is 5.82. The van der Waals surface area contributed by atoms with Gasteiger partial charge in [-0.25, -0.2) is 9.78 Å². The van der Waals surface area contributed by atoms with Crippen LogP contribution in [0.4, 0.5) is 0 Å². The summed E-state index contributed by atoms with van der Waals surface area (Å²) in [4.78, 5) is 29.9. The third-order valence-corrected chi connectivity index (χ3v) is 4.57. The van der Waals surface area contributed by atoms with Crippen LogP contribution in [0.2, 0.25) is 0 Å². The van der Waals surface area contributed by atoms with Crippen molar-refractivity contribution in [2.24, 2.45) is 0 Å². The van der Waals surface area contributed by atoms with Gasteiger partial charge in [-0.05, 0) is 26.3 Å². The van der Waals surface area contributed by atoms with Gasteiger partial charge in [-0.3, -0.25) is 9.36 Å². The molecule has 0 saturated heterocycles. The van der Waals surface area contributed by atoms with Crippen molar-refractivity contribution in [3.05, 3.63) is 44.6 Å². The van der Waals surface area contributed by atoms with E-state index in [9.17, 15) is 9.59 Å². The summed E-state index contributed by atoms with van der Waals surface area (Å²) >= 11 is 1.17. The summed E-state index contributed by atoms with van der Waals surface area (Å²) in [7, 11) is 0. The lowest BCUT2D eigenvalue weighted by atomic mass is 10.2. The molecule has 0 spiro atoms. The Morgan fingerprint density at radius 1 is 1.43 bits per heavy atom. The number of rotatable bonds is 4. The van der Waals surface area contributed by atoms with E-state index in [0.29, 0.717) is 32.1 Å². The maximum absolute atomic E-state index is 12.7. The molecule has 3 aromatic rings. The van der Waals surface area contributed by atoms with Crippen molar-refractivity contribution < 1.29 is 14.1 Å². The summed E-state index contributed by atoms with van der Waals surface area (Å²) < 4.78 is 11.5. The quantitative estimate of drug-likeness (QED) is 0.681. The van der Waals surface area contributed by atoms with Crippen molar-refractivity contribution >= 4 is 27.5 Å². The van der Waals surface area contributed by atoms with Crippen molar-refractivity contribution in [1.29, 1.82) is 0 Å². The number of carbonyl (C=O) groups is 1. The highest BCUT2D eigenvalue weighted by molar-refractivity contribution is 7.20. The molecule has 3 rings (SSSR count). The average molecular weight is 333 g/mol. The first-order valence-corrected chi connectivity index (χ1v) is 7.90. The van der Waals surface area contributed by atoms with Gasteiger partial charge in [-0.15, -0.1) is 11.3 Å². The molecule has 3 heterocycles. The molecule has 0 radical (unpaired) electrons. The van der Waals surface area contributed by atoms with Gasteiger partial charge >= 0.3 is 5.97 Å². The molecular weight excluding hydrogens is 318 g/mol. The van der Waals surface area contributed by atoms with Crippen LogP contribution in [-0.4, -0.2) is 27.3 Å². The van der Waals surface area contributed by atoms with Crippen molar-refractivity contribution in [3.63, 3.8) is 0 Å². The fraction of sp³-hybridized carbons (Fsp3) is 0.333. The Kier molecular flexibility index (Phi) is 3.99. The largest absolute Gasteiger partial charge is 0.462 e. The van der Waals surface area contributed by atoms with Gasteiger partial charge in [0.05, 0.1) is 24.9 Å². The Morgan fingerprint density at radius 2 is 2.22 bits per heavy atom. The summed E-state index contributed by atoms with van der Waals surface area (Å²) in [6, 6.07) is 1.77. The van der Waals surface area contributed by atoms with Crippen LogP contribution in [0, 0.1) is 13.8 Å². The SMILES string of the molecule is CCOC(=O)c1sc2ncn(Cc3cc(C)on3)c(=O)c2c1C. The summed E-state index contributed by atoms with van der Waals surface area (Å²) in [6.07, 6.45) is 1.46. The van der Waals surface area contributed by atoms with Crippen LogP contribution in [0.25, 0.3) is 10.2 Å². The maximum atomic E-state index is 12.7. The van der Waals surface area contributed by atoms with E-state index in [1.165, 1.54) is 22.2 Å². The molecule has 120 valence electrons. The van der Waals surface area contributed by atoms with Crippen molar-refractivity contribution in [2.45, 2.75) is 27.3 Å². The fourth-order valence-electron chi connectivity index (χ4n) is 2.33. The van der Waals surface area contributed by atoms with Crippen LogP contribution < -0.4 is 5.56 Å². The van der Waals surface area contributed by atoms with E-state index in [-0.39, 0.29) is 18.7 Å². The van der Waals surface area contributed by atoms with E-state index < -0.39 is 5.97 Å². The Balaban J connectivity index is 2.06. The topological polar surface area (TPSA) is 87.2 Å². The van der Waals surface area contributed by atoms with E-state index in [1.807, 2.05) is 0 Å².